The van der Waals surface area contributed by atoms with Gasteiger partial charge in [0.15, 0.2) is 0 Å². The van der Waals surface area contributed by atoms with E-state index in [4.69, 9.17) is 4.74 Å². The average molecular weight is 323 g/mol. The maximum absolute atomic E-state index is 13.0. The molecule has 0 saturated carbocycles. The lowest BCUT2D eigenvalue weighted by Crippen LogP contribution is -1.99. The van der Waals surface area contributed by atoms with Crippen molar-refractivity contribution >= 4 is 15.9 Å². The zero-order valence-electron chi connectivity index (χ0n) is 10.6. The minimum Gasteiger partial charge on any atom is -0.492 e. The molecule has 0 unspecified atom stereocenters. The van der Waals surface area contributed by atoms with Gasteiger partial charge in [0, 0.05) is 6.07 Å². The Bertz CT molecular complexity index is 513. The Morgan fingerprint density at radius 1 is 1.00 bits per heavy atom. The molecule has 0 heterocycles. The molecule has 0 amide bonds. The Morgan fingerprint density at radius 3 is 2.58 bits per heavy atom. The van der Waals surface area contributed by atoms with Crippen LogP contribution >= 0.6 is 15.9 Å². The van der Waals surface area contributed by atoms with Crippen molar-refractivity contribution in [3.63, 3.8) is 0 Å². The van der Waals surface area contributed by atoms with Gasteiger partial charge in [0.25, 0.3) is 0 Å². The predicted octanol–water partition coefficient (Wildman–Crippen LogP) is 4.99. The van der Waals surface area contributed by atoms with Crippen molar-refractivity contribution < 1.29 is 9.13 Å². The van der Waals surface area contributed by atoms with Crippen LogP contribution in [-0.2, 0) is 6.42 Å². The molecular formula is C16H16BrFO. The van der Waals surface area contributed by atoms with Crippen LogP contribution in [0.25, 0.3) is 0 Å². The van der Waals surface area contributed by atoms with Gasteiger partial charge in [-0.25, -0.2) is 4.39 Å². The lowest BCUT2D eigenvalue weighted by Gasteiger charge is -2.08. The quantitative estimate of drug-likeness (QED) is 0.681. The fourth-order valence-electron chi connectivity index (χ4n) is 1.85. The lowest BCUT2D eigenvalue weighted by atomic mass is 10.1. The fraction of sp³-hybridized carbons (Fsp3) is 0.250. The molecular weight excluding hydrogens is 307 g/mol. The molecule has 0 N–H and O–H groups in total. The molecule has 3 heteroatoms. The maximum Gasteiger partial charge on any atom is 0.136 e. The van der Waals surface area contributed by atoms with Crippen LogP contribution in [0.3, 0.4) is 0 Å². The van der Waals surface area contributed by atoms with Gasteiger partial charge in [-0.15, -0.1) is 0 Å². The van der Waals surface area contributed by atoms with Crippen LogP contribution in [0.5, 0.6) is 5.75 Å². The third-order valence-corrected chi connectivity index (χ3v) is 3.51. The number of hydrogen-bond acceptors (Lipinski definition) is 1. The van der Waals surface area contributed by atoms with Gasteiger partial charge in [0.05, 0.1) is 11.1 Å². The standard InChI is InChI=1S/C16H16BrFO/c17-15-10-9-14(18)12-16(15)19-11-5-4-8-13-6-2-1-3-7-13/h1-3,6-7,9-10,12H,4-5,8,11H2. The first-order valence-electron chi connectivity index (χ1n) is 6.37. The molecule has 0 radical (unpaired) electrons. The van der Waals surface area contributed by atoms with E-state index in [9.17, 15) is 4.39 Å². The second-order valence-corrected chi connectivity index (χ2v) is 5.22. The summed E-state index contributed by atoms with van der Waals surface area (Å²) in [5, 5.41) is 0. The van der Waals surface area contributed by atoms with Gasteiger partial charge in [0.1, 0.15) is 11.6 Å². The molecule has 19 heavy (non-hydrogen) atoms. The molecule has 0 saturated heterocycles. The highest BCUT2D eigenvalue weighted by Gasteiger charge is 2.02. The second-order valence-electron chi connectivity index (χ2n) is 4.37. The van der Waals surface area contributed by atoms with Crippen molar-refractivity contribution in [1.29, 1.82) is 0 Å². The lowest BCUT2D eigenvalue weighted by molar-refractivity contribution is 0.303. The normalized spacial score (nSPS) is 10.4. The van der Waals surface area contributed by atoms with Crippen LogP contribution in [0.1, 0.15) is 18.4 Å². The first kappa shape index (κ1) is 14.1. The van der Waals surface area contributed by atoms with Gasteiger partial charge >= 0.3 is 0 Å². The number of rotatable bonds is 6. The molecule has 100 valence electrons. The molecule has 0 aliphatic rings. The number of hydrogen-bond donors (Lipinski definition) is 0. The zero-order valence-corrected chi connectivity index (χ0v) is 12.2. The molecule has 1 nitrogen and oxygen atoms in total. The number of ether oxygens (including phenoxy) is 1. The summed E-state index contributed by atoms with van der Waals surface area (Å²) in [5.74, 6) is 0.294. The van der Waals surface area contributed by atoms with Crippen molar-refractivity contribution in [2.45, 2.75) is 19.3 Å². The molecule has 0 aromatic heterocycles. The zero-order chi connectivity index (χ0) is 13.5. The van der Waals surface area contributed by atoms with Crippen molar-refractivity contribution in [1.82, 2.24) is 0 Å². The summed E-state index contributed by atoms with van der Waals surface area (Å²) in [6.45, 7) is 0.606. The maximum atomic E-state index is 13.0. The fourth-order valence-corrected chi connectivity index (χ4v) is 2.21. The van der Waals surface area contributed by atoms with E-state index in [0.29, 0.717) is 12.4 Å². The van der Waals surface area contributed by atoms with Crippen LogP contribution in [0.2, 0.25) is 0 Å². The molecule has 2 rings (SSSR count). The number of unbranched alkanes of at least 4 members (excludes halogenated alkanes) is 1. The Morgan fingerprint density at radius 2 is 1.79 bits per heavy atom. The highest BCUT2D eigenvalue weighted by atomic mass is 79.9. The van der Waals surface area contributed by atoms with Crippen LogP contribution in [0.4, 0.5) is 4.39 Å². The van der Waals surface area contributed by atoms with Gasteiger partial charge < -0.3 is 4.74 Å². The van der Waals surface area contributed by atoms with Crippen LogP contribution in [0, 0.1) is 5.82 Å². The van der Waals surface area contributed by atoms with Crippen molar-refractivity contribution in [3.8, 4) is 5.75 Å². The van der Waals surface area contributed by atoms with E-state index >= 15 is 0 Å². The predicted molar refractivity (Wildman–Crippen MR) is 79.0 cm³/mol. The van der Waals surface area contributed by atoms with E-state index in [1.54, 1.807) is 6.07 Å². The first-order valence-corrected chi connectivity index (χ1v) is 7.17. The molecule has 2 aromatic rings. The minimum atomic E-state index is -0.275. The summed E-state index contributed by atoms with van der Waals surface area (Å²) in [7, 11) is 0. The summed E-state index contributed by atoms with van der Waals surface area (Å²) in [5.41, 5.74) is 1.34. The molecule has 0 aliphatic heterocycles. The van der Waals surface area contributed by atoms with E-state index in [-0.39, 0.29) is 5.82 Å². The van der Waals surface area contributed by atoms with Crippen LogP contribution < -0.4 is 4.74 Å². The highest BCUT2D eigenvalue weighted by molar-refractivity contribution is 9.10. The SMILES string of the molecule is Fc1ccc(Br)c(OCCCCc2ccccc2)c1. The monoisotopic (exact) mass is 322 g/mol. The molecule has 2 aromatic carbocycles. The van der Waals surface area contributed by atoms with E-state index in [1.807, 2.05) is 6.07 Å². The van der Waals surface area contributed by atoms with Gasteiger partial charge in [0.2, 0.25) is 0 Å². The summed E-state index contributed by atoms with van der Waals surface area (Å²) in [4.78, 5) is 0. The third kappa shape index (κ3) is 4.67. The van der Waals surface area contributed by atoms with E-state index in [0.717, 1.165) is 23.7 Å². The largest absolute Gasteiger partial charge is 0.492 e. The first-order chi connectivity index (χ1) is 9.25. The van der Waals surface area contributed by atoms with Gasteiger partial charge in [-0.3, -0.25) is 0 Å². The summed E-state index contributed by atoms with van der Waals surface area (Å²) in [6, 6.07) is 14.9. The number of halogens is 2. The summed E-state index contributed by atoms with van der Waals surface area (Å²) < 4.78 is 19.4. The molecule has 0 spiro atoms. The number of aryl methyl sites for hydroxylation is 1. The van der Waals surface area contributed by atoms with E-state index < -0.39 is 0 Å². The average Bonchev–Trinajstić information content (AvgIpc) is 2.43. The molecule has 0 fully saturated rings. The third-order valence-electron chi connectivity index (χ3n) is 2.85. The van der Waals surface area contributed by atoms with E-state index in [2.05, 4.69) is 40.2 Å². The Balaban J connectivity index is 1.71. The van der Waals surface area contributed by atoms with Crippen molar-refractivity contribution in [3.05, 3.63) is 64.4 Å². The topological polar surface area (TPSA) is 9.23 Å². The van der Waals surface area contributed by atoms with Gasteiger partial charge in [-0.1, -0.05) is 30.3 Å². The molecule has 0 bridgehead atoms. The summed E-state index contributed by atoms with van der Waals surface area (Å²) >= 11 is 3.34. The van der Waals surface area contributed by atoms with Crippen LogP contribution in [0.15, 0.2) is 53.0 Å². The van der Waals surface area contributed by atoms with Crippen LogP contribution in [-0.4, -0.2) is 6.61 Å². The highest BCUT2D eigenvalue weighted by Crippen LogP contribution is 2.25. The van der Waals surface area contributed by atoms with Crippen molar-refractivity contribution in [2.24, 2.45) is 0 Å². The van der Waals surface area contributed by atoms with Gasteiger partial charge in [-0.05, 0) is 52.9 Å². The summed E-state index contributed by atoms with van der Waals surface area (Å²) in [6.07, 6.45) is 3.07. The molecule has 0 aliphatic carbocycles. The Hall–Kier alpha value is -1.35. The molecule has 0 atom stereocenters. The van der Waals surface area contributed by atoms with Gasteiger partial charge in [-0.2, -0.15) is 0 Å². The van der Waals surface area contributed by atoms with E-state index in [1.165, 1.54) is 17.7 Å². The van der Waals surface area contributed by atoms with Crippen molar-refractivity contribution in [2.75, 3.05) is 6.61 Å². The number of benzene rings is 2. The second kappa shape index (κ2) is 7.29. The Labute approximate surface area is 121 Å². The Kier molecular flexibility index (Phi) is 5.40. The minimum absolute atomic E-state index is 0.275. The smallest absolute Gasteiger partial charge is 0.136 e.